The van der Waals surface area contributed by atoms with Gasteiger partial charge in [0.1, 0.15) is 5.76 Å². The summed E-state index contributed by atoms with van der Waals surface area (Å²) in [6.07, 6.45) is 1.75. The summed E-state index contributed by atoms with van der Waals surface area (Å²) in [4.78, 5) is 0. The molecule has 0 aromatic carbocycles. The van der Waals surface area contributed by atoms with Crippen LogP contribution in [0.4, 0.5) is 0 Å². The van der Waals surface area contributed by atoms with Crippen molar-refractivity contribution >= 4 is 0 Å². The standard InChI is InChI=1S/C11H19NO3/c1-9(11-5-4-6-15-11)12-7-10(14-3)8-13-2/h4-6,9-10,12H,7-8H2,1-3H3. The molecule has 1 aromatic heterocycles. The summed E-state index contributed by atoms with van der Waals surface area (Å²) in [6, 6.07) is 4.03. The number of nitrogens with one attached hydrogen (secondary N) is 1. The first-order chi connectivity index (χ1) is 7.27. The molecular weight excluding hydrogens is 194 g/mol. The summed E-state index contributed by atoms with van der Waals surface area (Å²) in [6.45, 7) is 3.39. The molecule has 0 bridgehead atoms. The molecule has 1 N–H and O–H groups in total. The molecule has 15 heavy (non-hydrogen) atoms. The van der Waals surface area contributed by atoms with Gasteiger partial charge in [0.25, 0.3) is 0 Å². The van der Waals surface area contributed by atoms with Gasteiger partial charge in [0.2, 0.25) is 0 Å². The molecule has 0 aliphatic heterocycles. The zero-order valence-corrected chi connectivity index (χ0v) is 9.53. The van der Waals surface area contributed by atoms with Gasteiger partial charge in [-0.1, -0.05) is 0 Å². The van der Waals surface area contributed by atoms with E-state index in [9.17, 15) is 0 Å². The third-order valence-corrected chi connectivity index (χ3v) is 2.31. The molecule has 0 saturated heterocycles. The van der Waals surface area contributed by atoms with Crippen molar-refractivity contribution in [2.24, 2.45) is 0 Å². The molecule has 1 aromatic rings. The van der Waals surface area contributed by atoms with Gasteiger partial charge in [-0.2, -0.15) is 0 Å². The summed E-state index contributed by atoms with van der Waals surface area (Å²) in [7, 11) is 3.35. The molecular formula is C11H19NO3. The lowest BCUT2D eigenvalue weighted by Gasteiger charge is -2.17. The molecule has 0 radical (unpaired) electrons. The fourth-order valence-electron chi connectivity index (χ4n) is 1.34. The van der Waals surface area contributed by atoms with Gasteiger partial charge in [-0.15, -0.1) is 0 Å². The molecule has 4 nitrogen and oxygen atoms in total. The SMILES string of the molecule is COCC(CNC(C)c1ccco1)OC. The van der Waals surface area contributed by atoms with Gasteiger partial charge in [-0.3, -0.25) is 0 Å². The summed E-state index contributed by atoms with van der Waals surface area (Å²) in [5, 5.41) is 3.32. The number of methoxy groups -OCH3 is 2. The lowest BCUT2D eigenvalue weighted by molar-refractivity contribution is 0.0273. The van der Waals surface area contributed by atoms with Crippen LogP contribution in [-0.4, -0.2) is 33.5 Å². The Bertz CT molecular complexity index is 248. The zero-order chi connectivity index (χ0) is 11.1. The van der Waals surface area contributed by atoms with Crippen molar-refractivity contribution in [1.29, 1.82) is 0 Å². The maximum Gasteiger partial charge on any atom is 0.120 e. The van der Waals surface area contributed by atoms with Crippen molar-refractivity contribution in [3.8, 4) is 0 Å². The second-order valence-corrected chi connectivity index (χ2v) is 3.46. The molecule has 4 heteroatoms. The van der Waals surface area contributed by atoms with Gasteiger partial charge in [-0.25, -0.2) is 0 Å². The van der Waals surface area contributed by atoms with Crippen LogP contribution in [0.3, 0.4) is 0 Å². The molecule has 1 rings (SSSR count). The Morgan fingerprint density at radius 1 is 1.47 bits per heavy atom. The first-order valence-corrected chi connectivity index (χ1v) is 5.06. The van der Waals surface area contributed by atoms with Crippen LogP contribution in [0.1, 0.15) is 18.7 Å². The highest BCUT2D eigenvalue weighted by molar-refractivity contribution is 5.02. The van der Waals surface area contributed by atoms with Crippen LogP contribution >= 0.6 is 0 Å². The summed E-state index contributed by atoms with van der Waals surface area (Å²) in [5.74, 6) is 0.933. The Kier molecular flexibility index (Phi) is 5.39. The average molecular weight is 213 g/mol. The molecule has 2 atom stereocenters. The summed E-state index contributed by atoms with van der Waals surface area (Å²) >= 11 is 0. The van der Waals surface area contributed by atoms with Gasteiger partial charge < -0.3 is 19.2 Å². The van der Waals surface area contributed by atoms with Crippen molar-refractivity contribution in [3.05, 3.63) is 24.2 Å². The van der Waals surface area contributed by atoms with E-state index in [4.69, 9.17) is 13.9 Å². The highest BCUT2D eigenvalue weighted by Crippen LogP contribution is 2.11. The minimum absolute atomic E-state index is 0.0763. The van der Waals surface area contributed by atoms with Gasteiger partial charge in [0.05, 0.1) is 25.0 Å². The molecule has 2 unspecified atom stereocenters. The molecule has 0 amide bonds. The van der Waals surface area contributed by atoms with Crippen LogP contribution in [-0.2, 0) is 9.47 Å². The van der Waals surface area contributed by atoms with E-state index in [0.717, 1.165) is 12.3 Å². The van der Waals surface area contributed by atoms with E-state index in [2.05, 4.69) is 12.2 Å². The average Bonchev–Trinajstić information content (AvgIpc) is 2.77. The van der Waals surface area contributed by atoms with E-state index in [1.165, 1.54) is 0 Å². The van der Waals surface area contributed by atoms with Crippen molar-refractivity contribution in [3.63, 3.8) is 0 Å². The van der Waals surface area contributed by atoms with Gasteiger partial charge >= 0.3 is 0 Å². The Labute approximate surface area is 90.6 Å². The third kappa shape index (κ3) is 4.03. The van der Waals surface area contributed by atoms with E-state index in [1.54, 1.807) is 20.5 Å². The number of furan rings is 1. The maximum absolute atomic E-state index is 5.29. The van der Waals surface area contributed by atoms with Crippen molar-refractivity contribution in [1.82, 2.24) is 5.32 Å². The van der Waals surface area contributed by atoms with E-state index < -0.39 is 0 Å². The predicted molar refractivity (Wildman–Crippen MR) is 57.8 cm³/mol. The van der Waals surface area contributed by atoms with E-state index in [-0.39, 0.29) is 12.1 Å². The first kappa shape index (κ1) is 12.2. The predicted octanol–water partition coefficient (Wildman–Crippen LogP) is 1.59. The summed E-state index contributed by atoms with van der Waals surface area (Å²) in [5.41, 5.74) is 0. The van der Waals surface area contributed by atoms with Crippen LogP contribution in [0.5, 0.6) is 0 Å². The monoisotopic (exact) mass is 213 g/mol. The Balaban J connectivity index is 2.29. The Morgan fingerprint density at radius 2 is 2.27 bits per heavy atom. The molecule has 0 aliphatic rings. The van der Waals surface area contributed by atoms with Gasteiger partial charge in [-0.05, 0) is 19.1 Å². The second kappa shape index (κ2) is 6.61. The van der Waals surface area contributed by atoms with E-state index in [0.29, 0.717) is 6.61 Å². The molecule has 1 heterocycles. The maximum atomic E-state index is 5.29. The van der Waals surface area contributed by atoms with Crippen LogP contribution in [0, 0.1) is 0 Å². The number of hydrogen-bond acceptors (Lipinski definition) is 4. The smallest absolute Gasteiger partial charge is 0.120 e. The number of hydrogen-bond donors (Lipinski definition) is 1. The fraction of sp³-hybridized carbons (Fsp3) is 0.636. The second-order valence-electron chi connectivity index (χ2n) is 3.46. The fourth-order valence-corrected chi connectivity index (χ4v) is 1.34. The van der Waals surface area contributed by atoms with E-state index in [1.807, 2.05) is 12.1 Å². The normalized spacial score (nSPS) is 15.1. The summed E-state index contributed by atoms with van der Waals surface area (Å²) < 4.78 is 15.6. The first-order valence-electron chi connectivity index (χ1n) is 5.06. The highest BCUT2D eigenvalue weighted by Gasteiger charge is 2.11. The molecule has 0 saturated carbocycles. The van der Waals surface area contributed by atoms with Gasteiger partial charge in [0.15, 0.2) is 0 Å². The lowest BCUT2D eigenvalue weighted by atomic mass is 10.2. The molecule has 86 valence electrons. The Morgan fingerprint density at radius 3 is 2.80 bits per heavy atom. The lowest BCUT2D eigenvalue weighted by Crippen LogP contribution is -2.33. The van der Waals surface area contributed by atoms with Crippen LogP contribution in [0.25, 0.3) is 0 Å². The van der Waals surface area contributed by atoms with Crippen LogP contribution in [0.2, 0.25) is 0 Å². The Hall–Kier alpha value is -0.840. The minimum Gasteiger partial charge on any atom is -0.468 e. The topological polar surface area (TPSA) is 43.6 Å². The zero-order valence-electron chi connectivity index (χ0n) is 9.53. The molecule has 0 aliphatic carbocycles. The number of rotatable bonds is 7. The van der Waals surface area contributed by atoms with Crippen molar-refractivity contribution in [2.45, 2.75) is 19.1 Å². The number of ether oxygens (including phenoxy) is 2. The molecule has 0 spiro atoms. The van der Waals surface area contributed by atoms with Crippen LogP contribution < -0.4 is 5.32 Å². The van der Waals surface area contributed by atoms with Gasteiger partial charge in [0, 0.05) is 20.8 Å². The quantitative estimate of drug-likeness (QED) is 0.747. The molecule has 0 fully saturated rings. The minimum atomic E-state index is 0.0763. The third-order valence-electron chi connectivity index (χ3n) is 2.31. The highest BCUT2D eigenvalue weighted by atomic mass is 16.5. The van der Waals surface area contributed by atoms with Crippen molar-refractivity contribution in [2.75, 3.05) is 27.4 Å². The van der Waals surface area contributed by atoms with Crippen molar-refractivity contribution < 1.29 is 13.9 Å². The largest absolute Gasteiger partial charge is 0.468 e. The van der Waals surface area contributed by atoms with Crippen LogP contribution in [0.15, 0.2) is 22.8 Å². The van der Waals surface area contributed by atoms with E-state index >= 15 is 0 Å².